The second-order valence-electron chi connectivity index (χ2n) is 11.8. The second kappa shape index (κ2) is 34.5. The molecule has 0 unspecified atom stereocenters. The summed E-state index contributed by atoms with van der Waals surface area (Å²) in [5.41, 5.74) is 0.297. The third kappa shape index (κ3) is 28.6. The number of carbonyl (C=O) groups is 3. The minimum Gasteiger partial charge on any atom is -0.463 e. The van der Waals surface area contributed by atoms with E-state index in [2.05, 4.69) is 6.92 Å². The first kappa shape index (κ1) is 43.7. The van der Waals surface area contributed by atoms with Gasteiger partial charge in [-0.05, 0) is 6.42 Å². The van der Waals surface area contributed by atoms with Crippen LogP contribution in [0.3, 0.4) is 0 Å². The highest BCUT2D eigenvalue weighted by Gasteiger charge is 2.17. The summed E-state index contributed by atoms with van der Waals surface area (Å²) in [6.07, 6.45) is 20.1. The average molecular weight is 681 g/mol. The zero-order chi connectivity index (χ0) is 34.6. The topological polar surface area (TPSA) is 116 Å². The van der Waals surface area contributed by atoms with Crippen molar-refractivity contribution < 1.29 is 47.5 Å². The summed E-state index contributed by atoms with van der Waals surface area (Å²) in [6, 6.07) is 8.27. The van der Waals surface area contributed by atoms with Crippen LogP contribution in [-0.2, 0) is 42.7 Å². The first-order valence-corrected chi connectivity index (χ1v) is 18.5. The fourth-order valence-corrected chi connectivity index (χ4v) is 4.88. The number of carbonyl (C=O) groups excluding carboxylic acids is 3. The zero-order valence-corrected chi connectivity index (χ0v) is 29.8. The summed E-state index contributed by atoms with van der Waals surface area (Å²) >= 11 is 0. The van der Waals surface area contributed by atoms with E-state index in [0.717, 1.165) is 12.8 Å². The number of ketones is 1. The predicted octanol–water partition coefficient (Wildman–Crippen LogP) is 7.30. The summed E-state index contributed by atoms with van der Waals surface area (Å²) in [4.78, 5) is 35.5. The van der Waals surface area contributed by atoms with Crippen LogP contribution in [0, 0.1) is 0 Å². The first-order valence-electron chi connectivity index (χ1n) is 18.5. The van der Waals surface area contributed by atoms with E-state index in [9.17, 15) is 14.4 Å². The third-order valence-electron chi connectivity index (χ3n) is 7.65. The molecule has 0 saturated carbocycles. The van der Waals surface area contributed by atoms with Crippen LogP contribution in [0.1, 0.15) is 120 Å². The van der Waals surface area contributed by atoms with Gasteiger partial charge in [-0.1, -0.05) is 127 Å². The van der Waals surface area contributed by atoms with Gasteiger partial charge in [0.05, 0.1) is 66.1 Å². The standard InChI is InChI=1S/C38H64O10/c1-2-3-4-5-6-7-8-9-10-11-12-13-14-15-19-22-36(39)47-33-31-45-29-27-43-25-23-42-24-26-44-28-30-46-32-34-48-38(41)37(40)35-20-17-16-18-21-35/h16-18,20-21H,2-15,19,22-34H2,1H3. The van der Waals surface area contributed by atoms with E-state index in [0.29, 0.717) is 71.4 Å². The average Bonchev–Trinajstić information content (AvgIpc) is 3.10. The predicted molar refractivity (Wildman–Crippen MR) is 186 cm³/mol. The van der Waals surface area contributed by atoms with Gasteiger partial charge < -0.3 is 33.2 Å². The van der Waals surface area contributed by atoms with Crippen molar-refractivity contribution in [2.24, 2.45) is 0 Å². The molecule has 10 heteroatoms. The molecule has 0 spiro atoms. The van der Waals surface area contributed by atoms with Crippen molar-refractivity contribution in [3.05, 3.63) is 35.9 Å². The largest absolute Gasteiger partial charge is 0.463 e. The molecular weight excluding hydrogens is 616 g/mol. The molecule has 48 heavy (non-hydrogen) atoms. The summed E-state index contributed by atoms with van der Waals surface area (Å²) in [5.74, 6) is -1.71. The van der Waals surface area contributed by atoms with Gasteiger partial charge in [-0.3, -0.25) is 9.59 Å². The molecular formula is C38H64O10. The van der Waals surface area contributed by atoms with Crippen molar-refractivity contribution in [2.75, 3.05) is 79.3 Å². The van der Waals surface area contributed by atoms with E-state index in [1.54, 1.807) is 30.3 Å². The van der Waals surface area contributed by atoms with Gasteiger partial charge >= 0.3 is 11.9 Å². The maximum absolute atomic E-state index is 11.9. The third-order valence-corrected chi connectivity index (χ3v) is 7.65. The van der Waals surface area contributed by atoms with E-state index in [-0.39, 0.29) is 25.8 Å². The van der Waals surface area contributed by atoms with Crippen LogP contribution in [0.4, 0.5) is 0 Å². The van der Waals surface area contributed by atoms with Crippen LogP contribution in [0.5, 0.6) is 0 Å². The van der Waals surface area contributed by atoms with Gasteiger partial charge in [0.25, 0.3) is 5.78 Å². The number of hydrogen-bond acceptors (Lipinski definition) is 10. The van der Waals surface area contributed by atoms with E-state index < -0.39 is 11.8 Å². The number of hydrogen-bond donors (Lipinski definition) is 0. The van der Waals surface area contributed by atoms with E-state index in [1.165, 1.54) is 83.5 Å². The molecule has 0 saturated heterocycles. The molecule has 1 aromatic rings. The van der Waals surface area contributed by atoms with Gasteiger partial charge in [-0.15, -0.1) is 0 Å². The molecule has 0 aliphatic carbocycles. The van der Waals surface area contributed by atoms with Crippen LogP contribution in [0.15, 0.2) is 30.3 Å². The Kier molecular flexibility index (Phi) is 31.4. The molecule has 276 valence electrons. The molecule has 0 aliphatic heterocycles. The lowest BCUT2D eigenvalue weighted by atomic mass is 10.0. The molecule has 0 N–H and O–H groups in total. The Morgan fingerprint density at radius 1 is 0.438 bits per heavy atom. The van der Waals surface area contributed by atoms with Crippen molar-refractivity contribution in [1.29, 1.82) is 0 Å². The Hall–Kier alpha value is -2.37. The van der Waals surface area contributed by atoms with Gasteiger partial charge in [-0.25, -0.2) is 4.79 Å². The lowest BCUT2D eigenvalue weighted by Crippen LogP contribution is -2.20. The van der Waals surface area contributed by atoms with E-state index in [1.807, 2.05) is 0 Å². The molecule has 1 rings (SSSR count). The molecule has 0 aromatic heterocycles. The second-order valence-corrected chi connectivity index (χ2v) is 11.8. The molecule has 1 aromatic carbocycles. The number of Topliss-reactive ketones (excluding diaryl/α,β-unsaturated/α-hetero) is 1. The van der Waals surface area contributed by atoms with Gasteiger partial charge in [0.2, 0.25) is 0 Å². The summed E-state index contributed by atoms with van der Waals surface area (Å²) in [6.45, 7) is 6.43. The zero-order valence-electron chi connectivity index (χ0n) is 29.8. The molecule has 0 atom stereocenters. The number of rotatable bonds is 36. The Bertz CT molecular complexity index is 879. The van der Waals surface area contributed by atoms with Gasteiger partial charge in [0.1, 0.15) is 13.2 Å². The molecule has 0 bridgehead atoms. The Balaban J connectivity index is 1.71. The SMILES string of the molecule is CCCCCCCCCCCCCCCCCC(=O)OCCOCCOCCOCCOCCOCCOC(=O)C(=O)c1ccccc1. The number of benzene rings is 1. The molecule has 0 aliphatic rings. The lowest BCUT2D eigenvalue weighted by Gasteiger charge is -2.08. The Morgan fingerprint density at radius 3 is 1.21 bits per heavy atom. The van der Waals surface area contributed by atoms with Crippen LogP contribution in [0.25, 0.3) is 0 Å². The molecule has 0 heterocycles. The number of ether oxygens (including phenoxy) is 7. The van der Waals surface area contributed by atoms with Crippen molar-refractivity contribution >= 4 is 17.7 Å². The van der Waals surface area contributed by atoms with Crippen molar-refractivity contribution in [1.82, 2.24) is 0 Å². The monoisotopic (exact) mass is 680 g/mol. The Labute approximate surface area is 289 Å². The smallest absolute Gasteiger partial charge is 0.379 e. The molecule has 0 amide bonds. The first-order chi connectivity index (χ1) is 23.6. The summed E-state index contributed by atoms with van der Waals surface area (Å²) in [7, 11) is 0. The fraction of sp³-hybridized carbons (Fsp3) is 0.763. The molecule has 0 fully saturated rings. The van der Waals surface area contributed by atoms with Gasteiger partial charge in [-0.2, -0.15) is 0 Å². The maximum atomic E-state index is 11.9. The van der Waals surface area contributed by atoms with Gasteiger partial charge in [0.15, 0.2) is 0 Å². The van der Waals surface area contributed by atoms with Crippen LogP contribution >= 0.6 is 0 Å². The molecule has 10 nitrogen and oxygen atoms in total. The fourth-order valence-electron chi connectivity index (χ4n) is 4.88. The summed E-state index contributed by atoms with van der Waals surface area (Å²) < 4.78 is 37.3. The van der Waals surface area contributed by atoms with Crippen LogP contribution < -0.4 is 0 Å². The van der Waals surface area contributed by atoms with Gasteiger partial charge in [0, 0.05) is 12.0 Å². The highest BCUT2D eigenvalue weighted by atomic mass is 16.6. The highest BCUT2D eigenvalue weighted by Crippen LogP contribution is 2.14. The highest BCUT2D eigenvalue weighted by molar-refractivity contribution is 6.40. The van der Waals surface area contributed by atoms with Crippen LogP contribution in [-0.4, -0.2) is 97.0 Å². The van der Waals surface area contributed by atoms with Crippen molar-refractivity contribution in [3.8, 4) is 0 Å². The van der Waals surface area contributed by atoms with Crippen LogP contribution in [0.2, 0.25) is 0 Å². The number of esters is 2. The normalized spacial score (nSPS) is 11.1. The van der Waals surface area contributed by atoms with Crippen molar-refractivity contribution in [2.45, 2.75) is 110 Å². The quantitative estimate of drug-likeness (QED) is 0.0309. The summed E-state index contributed by atoms with van der Waals surface area (Å²) in [5, 5.41) is 0. The van der Waals surface area contributed by atoms with E-state index in [4.69, 9.17) is 33.2 Å². The minimum atomic E-state index is -0.895. The minimum absolute atomic E-state index is 0.00137. The van der Waals surface area contributed by atoms with E-state index >= 15 is 0 Å². The maximum Gasteiger partial charge on any atom is 0.379 e. The molecule has 0 radical (unpaired) electrons. The van der Waals surface area contributed by atoms with Crippen molar-refractivity contribution in [3.63, 3.8) is 0 Å². The number of unbranched alkanes of at least 4 members (excludes halogenated alkanes) is 14. The Morgan fingerprint density at radius 2 is 0.792 bits per heavy atom. The lowest BCUT2D eigenvalue weighted by molar-refractivity contribution is -0.145.